The number of amidine groups is 1. The molecule has 5 nitrogen and oxygen atoms in total. The fraction of sp³-hybridized carbons (Fsp3) is 0.118. The zero-order valence-corrected chi connectivity index (χ0v) is 14.1. The summed E-state index contributed by atoms with van der Waals surface area (Å²) in [6.45, 7) is 0. The Morgan fingerprint density at radius 1 is 1.17 bits per heavy atom. The fourth-order valence-corrected chi connectivity index (χ4v) is 3.25. The van der Waals surface area contributed by atoms with Gasteiger partial charge in [-0.05, 0) is 36.4 Å². The van der Waals surface area contributed by atoms with Gasteiger partial charge < -0.3 is 10.6 Å². The van der Waals surface area contributed by atoms with Gasteiger partial charge in [0.25, 0.3) is 0 Å². The van der Waals surface area contributed by atoms with Gasteiger partial charge in [0.1, 0.15) is 5.25 Å². The highest BCUT2D eigenvalue weighted by Gasteiger charge is 2.30. The average Bonchev–Trinajstić information content (AvgIpc) is 2.57. The van der Waals surface area contributed by atoms with Gasteiger partial charge in [-0.3, -0.25) is 9.59 Å². The van der Waals surface area contributed by atoms with Crippen LogP contribution in [0.25, 0.3) is 0 Å². The molecule has 0 spiro atoms. The van der Waals surface area contributed by atoms with Gasteiger partial charge in [0.2, 0.25) is 11.8 Å². The van der Waals surface area contributed by atoms with Gasteiger partial charge in [-0.2, -0.15) is 0 Å². The van der Waals surface area contributed by atoms with Crippen LogP contribution in [0.5, 0.6) is 0 Å². The Morgan fingerprint density at radius 3 is 2.58 bits per heavy atom. The number of carbonyl (C=O) groups excluding carboxylic acids is 2. The van der Waals surface area contributed by atoms with E-state index < -0.39 is 5.25 Å². The molecule has 0 aromatic heterocycles. The minimum absolute atomic E-state index is 0.109. The third-order valence-corrected chi connectivity index (χ3v) is 4.60. The summed E-state index contributed by atoms with van der Waals surface area (Å²) in [5.41, 5.74) is 1.36. The molecule has 0 radical (unpaired) electrons. The van der Waals surface area contributed by atoms with Crippen LogP contribution in [0.2, 0.25) is 5.02 Å². The lowest BCUT2D eigenvalue weighted by molar-refractivity contribution is -0.123. The number of anilines is 1. The second kappa shape index (κ2) is 7.51. The number of nitrogens with one attached hydrogen (secondary N) is 2. The van der Waals surface area contributed by atoms with Crippen molar-refractivity contribution < 1.29 is 9.59 Å². The lowest BCUT2D eigenvalue weighted by atomic mass is 10.2. The minimum atomic E-state index is -0.531. The summed E-state index contributed by atoms with van der Waals surface area (Å²) in [4.78, 5) is 28.6. The van der Waals surface area contributed by atoms with Crippen LogP contribution in [-0.2, 0) is 9.59 Å². The third kappa shape index (κ3) is 4.37. The average molecular weight is 360 g/mol. The molecule has 24 heavy (non-hydrogen) atoms. The van der Waals surface area contributed by atoms with E-state index in [0.717, 1.165) is 5.69 Å². The molecule has 1 saturated heterocycles. The summed E-state index contributed by atoms with van der Waals surface area (Å²) < 4.78 is 0. The fourth-order valence-electron chi connectivity index (χ4n) is 2.12. The van der Waals surface area contributed by atoms with Crippen LogP contribution in [-0.4, -0.2) is 22.2 Å². The van der Waals surface area contributed by atoms with Gasteiger partial charge in [0, 0.05) is 17.1 Å². The van der Waals surface area contributed by atoms with Crippen molar-refractivity contribution in [2.75, 3.05) is 5.32 Å². The Hall–Kier alpha value is -2.31. The van der Waals surface area contributed by atoms with Crippen LogP contribution in [0.4, 0.5) is 11.4 Å². The summed E-state index contributed by atoms with van der Waals surface area (Å²) in [6.07, 6.45) is 0.109. The number of rotatable bonds is 3. The smallest absolute Gasteiger partial charge is 0.238 e. The maximum absolute atomic E-state index is 12.4. The minimum Gasteiger partial charge on any atom is -0.325 e. The van der Waals surface area contributed by atoms with Crippen LogP contribution in [0.15, 0.2) is 59.6 Å². The first-order valence-electron chi connectivity index (χ1n) is 7.27. The molecular weight excluding hydrogens is 346 g/mol. The third-order valence-electron chi connectivity index (χ3n) is 3.26. The van der Waals surface area contributed by atoms with Gasteiger partial charge in [0.05, 0.1) is 5.69 Å². The van der Waals surface area contributed by atoms with Crippen molar-refractivity contribution in [2.24, 2.45) is 4.99 Å². The van der Waals surface area contributed by atoms with E-state index in [1.165, 1.54) is 11.8 Å². The van der Waals surface area contributed by atoms with Gasteiger partial charge in [-0.25, -0.2) is 4.99 Å². The lowest BCUT2D eigenvalue weighted by Crippen LogP contribution is -2.41. The van der Waals surface area contributed by atoms with Crippen LogP contribution < -0.4 is 10.6 Å². The molecule has 0 aliphatic carbocycles. The number of halogens is 1. The van der Waals surface area contributed by atoms with Crippen molar-refractivity contribution in [3.63, 3.8) is 0 Å². The van der Waals surface area contributed by atoms with E-state index in [0.29, 0.717) is 15.9 Å². The standard InChI is InChI=1S/C17H14ClN3O2S/c18-11-6-8-13(9-7-11)19-16(23)14-10-15(22)21-17(24-14)20-12-4-2-1-3-5-12/h1-9,14H,10H2,(H,19,23)(H,20,21,22). The summed E-state index contributed by atoms with van der Waals surface area (Å²) in [5, 5.41) is 5.98. The Morgan fingerprint density at radius 2 is 1.88 bits per heavy atom. The molecule has 2 amide bonds. The molecule has 3 rings (SSSR count). The SMILES string of the molecule is O=C1CC(C(=O)Nc2ccc(Cl)cc2)SC(=Nc2ccccc2)N1. The highest BCUT2D eigenvalue weighted by atomic mass is 35.5. The molecule has 7 heteroatoms. The Bertz CT molecular complexity index is 778. The second-order valence-corrected chi connectivity index (χ2v) is 6.74. The van der Waals surface area contributed by atoms with Crippen molar-refractivity contribution in [2.45, 2.75) is 11.7 Å². The lowest BCUT2D eigenvalue weighted by Gasteiger charge is -2.22. The topological polar surface area (TPSA) is 70.6 Å². The van der Waals surface area contributed by atoms with Crippen molar-refractivity contribution in [3.05, 3.63) is 59.6 Å². The van der Waals surface area contributed by atoms with E-state index in [2.05, 4.69) is 15.6 Å². The molecule has 1 aliphatic heterocycles. The van der Waals surface area contributed by atoms with Crippen molar-refractivity contribution in [1.29, 1.82) is 0 Å². The van der Waals surface area contributed by atoms with E-state index in [1.54, 1.807) is 24.3 Å². The van der Waals surface area contributed by atoms with Crippen LogP contribution >= 0.6 is 23.4 Å². The highest BCUT2D eigenvalue weighted by Crippen LogP contribution is 2.25. The Labute approximate surface area is 148 Å². The summed E-state index contributed by atoms with van der Waals surface area (Å²) in [7, 11) is 0. The van der Waals surface area contributed by atoms with Gasteiger partial charge in [-0.15, -0.1) is 0 Å². The monoisotopic (exact) mass is 359 g/mol. The number of nitrogens with zero attached hydrogens (tertiary/aromatic N) is 1. The van der Waals surface area contributed by atoms with E-state index in [9.17, 15) is 9.59 Å². The number of thioether (sulfide) groups is 1. The summed E-state index contributed by atoms with van der Waals surface area (Å²) in [5.74, 6) is -0.461. The molecule has 1 fully saturated rings. The number of carbonyl (C=O) groups is 2. The molecule has 2 N–H and O–H groups in total. The molecule has 2 aromatic carbocycles. The predicted octanol–water partition coefficient (Wildman–Crippen LogP) is 3.59. The molecule has 2 aromatic rings. The quantitative estimate of drug-likeness (QED) is 0.879. The van der Waals surface area contributed by atoms with E-state index in [-0.39, 0.29) is 18.2 Å². The molecule has 0 saturated carbocycles. The van der Waals surface area contributed by atoms with Crippen LogP contribution in [0.3, 0.4) is 0 Å². The highest BCUT2D eigenvalue weighted by molar-refractivity contribution is 8.15. The second-order valence-electron chi connectivity index (χ2n) is 5.11. The van der Waals surface area contributed by atoms with Gasteiger partial charge in [0.15, 0.2) is 5.17 Å². The molecule has 1 heterocycles. The first kappa shape index (κ1) is 16.5. The van der Waals surface area contributed by atoms with Gasteiger partial charge >= 0.3 is 0 Å². The number of aliphatic imine (C=N–C) groups is 1. The molecule has 0 bridgehead atoms. The van der Waals surface area contributed by atoms with Crippen molar-refractivity contribution in [3.8, 4) is 0 Å². The first-order chi connectivity index (χ1) is 11.6. The molecule has 1 unspecified atom stereocenters. The van der Waals surface area contributed by atoms with Crippen molar-refractivity contribution >= 4 is 51.7 Å². The largest absolute Gasteiger partial charge is 0.325 e. The molecule has 1 atom stereocenters. The maximum Gasteiger partial charge on any atom is 0.238 e. The van der Waals surface area contributed by atoms with E-state index in [1.807, 2.05) is 30.3 Å². The Balaban J connectivity index is 1.71. The van der Waals surface area contributed by atoms with E-state index in [4.69, 9.17) is 11.6 Å². The zero-order chi connectivity index (χ0) is 16.9. The normalized spacial score (nSPS) is 19.0. The number of hydrogen-bond acceptors (Lipinski definition) is 4. The number of para-hydroxylation sites is 1. The van der Waals surface area contributed by atoms with Crippen LogP contribution in [0, 0.1) is 0 Å². The first-order valence-corrected chi connectivity index (χ1v) is 8.52. The van der Waals surface area contributed by atoms with Gasteiger partial charge in [-0.1, -0.05) is 41.6 Å². The summed E-state index contributed by atoms with van der Waals surface area (Å²) >= 11 is 7.07. The van der Waals surface area contributed by atoms with E-state index >= 15 is 0 Å². The van der Waals surface area contributed by atoms with Crippen molar-refractivity contribution in [1.82, 2.24) is 5.32 Å². The molecular formula is C17H14ClN3O2S. The number of benzene rings is 2. The van der Waals surface area contributed by atoms with Crippen LogP contribution in [0.1, 0.15) is 6.42 Å². The Kier molecular flexibility index (Phi) is 5.17. The predicted molar refractivity (Wildman–Crippen MR) is 97.8 cm³/mol. The zero-order valence-electron chi connectivity index (χ0n) is 12.5. The number of amides is 2. The molecule has 1 aliphatic rings. The molecule has 122 valence electrons. The number of hydrogen-bond donors (Lipinski definition) is 2. The maximum atomic E-state index is 12.4. The summed E-state index contributed by atoms with van der Waals surface area (Å²) in [6, 6.07) is 16.1.